The van der Waals surface area contributed by atoms with Gasteiger partial charge in [-0.15, -0.1) is 0 Å². The van der Waals surface area contributed by atoms with Gasteiger partial charge < -0.3 is 0 Å². The molecule has 0 saturated heterocycles. The van der Waals surface area contributed by atoms with Crippen LogP contribution in [0.4, 0.5) is 0 Å². The van der Waals surface area contributed by atoms with Crippen molar-refractivity contribution in [2.24, 2.45) is 0 Å². The summed E-state index contributed by atoms with van der Waals surface area (Å²) in [6, 6.07) is 10.6. The molecule has 0 atom stereocenters. The third kappa shape index (κ3) is 5.96. The molecule has 70 valence electrons. The van der Waals surface area contributed by atoms with Crippen LogP contribution in [0.25, 0.3) is 0 Å². The van der Waals surface area contributed by atoms with E-state index in [1.807, 2.05) is 13.8 Å². The predicted molar refractivity (Wildman–Crippen MR) is 58.5 cm³/mol. The molecule has 0 heterocycles. The summed E-state index contributed by atoms with van der Waals surface area (Å²) < 4.78 is 5.75. The van der Waals surface area contributed by atoms with Crippen LogP contribution < -0.4 is 0 Å². The van der Waals surface area contributed by atoms with E-state index in [2.05, 4.69) is 37.3 Å². The summed E-state index contributed by atoms with van der Waals surface area (Å²) in [7, 11) is 1.25. The van der Waals surface area contributed by atoms with Gasteiger partial charge in [0.2, 0.25) is 0 Å². The van der Waals surface area contributed by atoms with Crippen molar-refractivity contribution in [2.75, 3.05) is 0 Å². The van der Waals surface area contributed by atoms with Gasteiger partial charge in [0.25, 0.3) is 0 Å². The van der Waals surface area contributed by atoms with Gasteiger partial charge in [-0.1, -0.05) is 64.9 Å². The first kappa shape index (κ1) is 11.2. The zero-order chi connectivity index (χ0) is 10.5. The van der Waals surface area contributed by atoms with Crippen LogP contribution in [0, 0.1) is 0 Å². The van der Waals surface area contributed by atoms with Crippen LogP contribution in [0.5, 0.6) is 0 Å². The van der Waals surface area contributed by atoms with Gasteiger partial charge >= 0.3 is 0 Å². The van der Waals surface area contributed by atoms with Crippen LogP contribution in [0.3, 0.4) is 0 Å². The Kier molecular flexibility index (Phi) is 9.56. The zero-order valence-corrected chi connectivity index (χ0v) is 8.80. The van der Waals surface area contributed by atoms with Crippen molar-refractivity contribution in [3.8, 4) is 0 Å². The molecule has 0 aromatic heterocycles. The Morgan fingerprint density at radius 2 is 1.67 bits per heavy atom. The maximum Gasteiger partial charge on any atom is 0.0194 e. The van der Waals surface area contributed by atoms with Gasteiger partial charge in [-0.2, -0.15) is 0 Å². The SMILES string of the molecule is CC.CCCc1ccccc1.[3H]C. The lowest BCUT2D eigenvalue weighted by Crippen LogP contribution is -1.78. The molecule has 0 N–H and O–H groups in total. The van der Waals surface area contributed by atoms with E-state index in [4.69, 9.17) is 1.37 Å². The monoisotopic (exact) mass is 168 g/mol. The third-order valence-electron chi connectivity index (χ3n) is 1.38. The van der Waals surface area contributed by atoms with Crippen LogP contribution >= 0.6 is 0 Å². The van der Waals surface area contributed by atoms with E-state index in [1.54, 1.807) is 0 Å². The van der Waals surface area contributed by atoms with Crippen LogP contribution in [-0.2, 0) is 6.42 Å². The molecular formula is C12H22. The highest BCUT2D eigenvalue weighted by molar-refractivity contribution is 5.14. The Hall–Kier alpha value is -0.780. The molecule has 0 heteroatoms. The van der Waals surface area contributed by atoms with Crippen molar-refractivity contribution >= 4 is 0 Å². The van der Waals surface area contributed by atoms with Crippen molar-refractivity contribution in [3.05, 3.63) is 35.9 Å². The fourth-order valence-electron chi connectivity index (χ4n) is 0.933. The third-order valence-corrected chi connectivity index (χ3v) is 1.38. The molecule has 0 saturated carbocycles. The minimum atomic E-state index is 1.21. The molecule has 0 aliphatic heterocycles. The number of aryl methyl sites for hydroxylation is 1. The molecule has 1 aromatic carbocycles. The highest BCUT2D eigenvalue weighted by Gasteiger charge is 1.84. The van der Waals surface area contributed by atoms with E-state index < -0.39 is 0 Å². The van der Waals surface area contributed by atoms with E-state index in [9.17, 15) is 0 Å². The first-order valence-electron chi connectivity index (χ1n) is 5.47. The van der Waals surface area contributed by atoms with Crippen LogP contribution in [0.1, 0.15) is 41.5 Å². The lowest BCUT2D eigenvalue weighted by atomic mass is 10.1. The lowest BCUT2D eigenvalue weighted by Gasteiger charge is -1.93. The van der Waals surface area contributed by atoms with E-state index in [1.165, 1.54) is 25.8 Å². The second kappa shape index (κ2) is 10.2. The molecule has 0 fully saturated rings. The van der Waals surface area contributed by atoms with Crippen LogP contribution in [0.2, 0.25) is 0 Å². The summed E-state index contributed by atoms with van der Waals surface area (Å²) >= 11 is 0. The van der Waals surface area contributed by atoms with Gasteiger partial charge in [0, 0.05) is 1.37 Å². The summed E-state index contributed by atoms with van der Waals surface area (Å²) in [5.41, 5.74) is 1.44. The maximum atomic E-state index is 5.75. The van der Waals surface area contributed by atoms with Crippen molar-refractivity contribution in [2.45, 2.75) is 41.0 Å². The summed E-state index contributed by atoms with van der Waals surface area (Å²) in [6.45, 7) is 6.20. The first-order chi connectivity index (χ1) is 6.43. The molecule has 0 nitrogen and oxygen atoms in total. The number of rotatable bonds is 2. The minimum Gasteiger partial charge on any atom is -0.0776 e. The Morgan fingerprint density at radius 3 is 2.08 bits per heavy atom. The molecule has 12 heavy (non-hydrogen) atoms. The van der Waals surface area contributed by atoms with Crippen LogP contribution in [-0.4, -0.2) is 0 Å². The van der Waals surface area contributed by atoms with Gasteiger partial charge in [0.1, 0.15) is 0 Å². The fourth-order valence-corrected chi connectivity index (χ4v) is 0.933. The van der Waals surface area contributed by atoms with Crippen LogP contribution in [0.15, 0.2) is 30.3 Å². The molecule has 0 aliphatic carbocycles. The number of benzene rings is 1. The van der Waals surface area contributed by atoms with E-state index >= 15 is 0 Å². The average Bonchev–Trinajstić information content (AvgIpc) is 2.26. The highest BCUT2D eigenvalue weighted by Crippen LogP contribution is 2.00. The second-order valence-corrected chi connectivity index (χ2v) is 2.24. The van der Waals surface area contributed by atoms with Gasteiger partial charge in [0.05, 0.1) is 0 Å². The smallest absolute Gasteiger partial charge is 0.0194 e. The highest BCUT2D eigenvalue weighted by atomic mass is 13.9. The molecule has 0 radical (unpaired) electrons. The van der Waals surface area contributed by atoms with E-state index in [0.29, 0.717) is 0 Å². The number of hydrogen-bond acceptors (Lipinski definition) is 0. The molecule has 1 rings (SSSR count). The van der Waals surface area contributed by atoms with Gasteiger partial charge in [-0.05, 0) is 12.0 Å². The summed E-state index contributed by atoms with van der Waals surface area (Å²) in [6.07, 6.45) is 2.45. The van der Waals surface area contributed by atoms with E-state index in [0.717, 1.165) is 0 Å². The van der Waals surface area contributed by atoms with Crippen molar-refractivity contribution in [1.29, 1.82) is 0 Å². The van der Waals surface area contributed by atoms with E-state index in [-0.39, 0.29) is 0 Å². The Balaban J connectivity index is 0. The normalized spacial score (nSPS) is 8.17. The summed E-state index contributed by atoms with van der Waals surface area (Å²) in [5, 5.41) is 0. The Morgan fingerprint density at radius 1 is 1.17 bits per heavy atom. The predicted octanol–water partition coefficient (Wildman–Crippen LogP) is 4.30. The maximum absolute atomic E-state index is 5.75. The molecule has 0 unspecified atom stereocenters. The van der Waals surface area contributed by atoms with Gasteiger partial charge in [-0.25, -0.2) is 0 Å². The molecular weight excluding hydrogens is 144 g/mol. The Bertz CT molecular complexity index is 158. The molecule has 0 spiro atoms. The lowest BCUT2D eigenvalue weighted by molar-refractivity contribution is 0.922. The standard InChI is InChI=1S/C9H12.C2H6.CH4/c1-2-6-9-7-4-3-5-8-9;1-2;/h3-5,7-8H,2,6H2,1H3;1-2H3;1H4/i;;1T. The van der Waals surface area contributed by atoms with Gasteiger partial charge in [-0.3, -0.25) is 0 Å². The zero-order valence-electron chi connectivity index (χ0n) is 9.80. The molecule has 0 bridgehead atoms. The summed E-state index contributed by atoms with van der Waals surface area (Å²) in [5.74, 6) is 0. The second-order valence-electron chi connectivity index (χ2n) is 2.24. The molecule has 0 aliphatic rings. The average molecular weight is 168 g/mol. The summed E-state index contributed by atoms with van der Waals surface area (Å²) in [4.78, 5) is 0. The van der Waals surface area contributed by atoms with Crippen molar-refractivity contribution in [1.82, 2.24) is 0 Å². The van der Waals surface area contributed by atoms with Gasteiger partial charge in [0.15, 0.2) is 0 Å². The molecule has 0 amide bonds. The Labute approximate surface area is 79.0 Å². The first-order valence-corrected chi connectivity index (χ1v) is 4.47. The topological polar surface area (TPSA) is 0 Å². The largest absolute Gasteiger partial charge is 0.0776 e. The quantitative estimate of drug-likeness (QED) is 0.617. The molecule has 1 aromatic rings. The van der Waals surface area contributed by atoms with Crippen molar-refractivity contribution < 1.29 is 1.37 Å². The van der Waals surface area contributed by atoms with Crippen molar-refractivity contribution in [3.63, 3.8) is 0 Å². The number of hydrogen-bond donors (Lipinski definition) is 0. The minimum absolute atomic E-state index is 1.21. The fraction of sp³-hybridized carbons (Fsp3) is 0.500.